The Hall–Kier alpha value is -1.36. The van der Waals surface area contributed by atoms with Gasteiger partial charge in [0.2, 0.25) is 0 Å². The summed E-state index contributed by atoms with van der Waals surface area (Å²) in [7, 11) is 0. The Balaban J connectivity index is 2.39. The molecule has 2 rings (SSSR count). The summed E-state index contributed by atoms with van der Waals surface area (Å²) in [6.45, 7) is 1.93. The van der Waals surface area contributed by atoms with Crippen molar-refractivity contribution in [2.45, 2.75) is 11.9 Å². The van der Waals surface area contributed by atoms with Gasteiger partial charge in [-0.3, -0.25) is 4.57 Å². The molecule has 0 fully saturated rings. The van der Waals surface area contributed by atoms with Crippen LogP contribution in [0.4, 0.5) is 0 Å². The predicted octanol–water partition coefficient (Wildman–Crippen LogP) is 1.69. The molecule has 0 spiro atoms. The number of nitrogens with zero attached hydrogens (tertiary/aromatic N) is 4. The Morgan fingerprint density at radius 2 is 2.14 bits per heavy atom. The second-order valence-corrected chi connectivity index (χ2v) is 3.60. The highest BCUT2D eigenvalue weighted by atomic mass is 32.2. The first kappa shape index (κ1) is 9.21. The summed E-state index contributed by atoms with van der Waals surface area (Å²) in [5.74, 6) is 1.72. The van der Waals surface area contributed by atoms with Crippen LogP contribution in [-0.4, -0.2) is 26.0 Å². The normalized spacial score (nSPS) is 10.4. The van der Waals surface area contributed by atoms with E-state index in [1.165, 1.54) is 0 Å². The van der Waals surface area contributed by atoms with E-state index in [0.29, 0.717) is 0 Å². The molecule has 0 aliphatic carbocycles. The SMILES string of the molecule is CSc1ccc(-n2ccnc2C)nn1. The third-order valence-electron chi connectivity index (χ3n) is 1.91. The molecule has 0 amide bonds. The van der Waals surface area contributed by atoms with Crippen LogP contribution in [0.2, 0.25) is 0 Å². The first-order valence-electron chi connectivity index (χ1n) is 4.19. The van der Waals surface area contributed by atoms with Gasteiger partial charge in [-0.1, -0.05) is 0 Å². The van der Waals surface area contributed by atoms with Gasteiger partial charge in [-0.15, -0.1) is 22.0 Å². The van der Waals surface area contributed by atoms with Crippen LogP contribution in [0.1, 0.15) is 5.82 Å². The number of rotatable bonds is 2. The summed E-state index contributed by atoms with van der Waals surface area (Å²) in [6.07, 6.45) is 5.60. The van der Waals surface area contributed by atoms with Gasteiger partial charge >= 0.3 is 0 Å². The minimum Gasteiger partial charge on any atom is -0.287 e. The Bertz CT molecular complexity index is 421. The molecule has 0 aliphatic heterocycles. The second kappa shape index (κ2) is 3.79. The highest BCUT2D eigenvalue weighted by Gasteiger charge is 2.01. The van der Waals surface area contributed by atoms with Gasteiger partial charge in [0, 0.05) is 12.4 Å². The van der Waals surface area contributed by atoms with Gasteiger partial charge in [0.25, 0.3) is 0 Å². The molecular weight excluding hydrogens is 196 g/mol. The molecule has 0 atom stereocenters. The van der Waals surface area contributed by atoms with Crippen LogP contribution in [0.15, 0.2) is 29.6 Å². The summed E-state index contributed by atoms with van der Waals surface area (Å²) in [6, 6.07) is 3.89. The molecular formula is C9H10N4S. The molecule has 2 heterocycles. The fraction of sp³-hybridized carbons (Fsp3) is 0.222. The fourth-order valence-corrected chi connectivity index (χ4v) is 1.50. The van der Waals surface area contributed by atoms with Crippen molar-refractivity contribution in [3.63, 3.8) is 0 Å². The van der Waals surface area contributed by atoms with Crippen molar-refractivity contribution < 1.29 is 0 Å². The molecule has 2 aromatic heterocycles. The van der Waals surface area contributed by atoms with Gasteiger partial charge in [0.15, 0.2) is 5.82 Å². The number of hydrogen-bond donors (Lipinski definition) is 0. The number of imidazole rings is 1. The van der Waals surface area contributed by atoms with Gasteiger partial charge in [0.1, 0.15) is 10.9 Å². The van der Waals surface area contributed by atoms with E-state index in [0.717, 1.165) is 16.7 Å². The molecule has 0 saturated carbocycles. The quantitative estimate of drug-likeness (QED) is 0.701. The topological polar surface area (TPSA) is 43.6 Å². The Labute approximate surface area is 86.4 Å². The van der Waals surface area contributed by atoms with Crippen molar-refractivity contribution in [1.82, 2.24) is 19.7 Å². The highest BCUT2D eigenvalue weighted by Crippen LogP contribution is 2.12. The lowest BCUT2D eigenvalue weighted by Gasteiger charge is -2.02. The van der Waals surface area contributed by atoms with Gasteiger partial charge in [-0.2, -0.15) is 0 Å². The molecule has 0 aromatic carbocycles. The molecule has 0 radical (unpaired) electrons. The lowest BCUT2D eigenvalue weighted by atomic mass is 10.5. The van der Waals surface area contributed by atoms with Crippen molar-refractivity contribution in [3.05, 3.63) is 30.4 Å². The zero-order valence-corrected chi connectivity index (χ0v) is 8.82. The minimum absolute atomic E-state index is 0.804. The van der Waals surface area contributed by atoms with Crippen molar-refractivity contribution in [1.29, 1.82) is 0 Å². The summed E-state index contributed by atoms with van der Waals surface area (Å²) >= 11 is 1.58. The van der Waals surface area contributed by atoms with E-state index in [1.54, 1.807) is 18.0 Å². The van der Waals surface area contributed by atoms with Crippen molar-refractivity contribution >= 4 is 11.8 Å². The van der Waals surface area contributed by atoms with Gasteiger partial charge in [-0.05, 0) is 25.3 Å². The molecule has 0 aliphatic rings. The Kier molecular flexibility index (Phi) is 2.49. The number of hydrogen-bond acceptors (Lipinski definition) is 4. The van der Waals surface area contributed by atoms with E-state index in [2.05, 4.69) is 15.2 Å². The Morgan fingerprint density at radius 1 is 1.29 bits per heavy atom. The third kappa shape index (κ3) is 1.63. The molecule has 72 valence electrons. The maximum absolute atomic E-state index is 4.13. The number of aryl methyl sites for hydroxylation is 1. The van der Waals surface area contributed by atoms with Crippen LogP contribution in [-0.2, 0) is 0 Å². The lowest BCUT2D eigenvalue weighted by Crippen LogP contribution is -2.00. The summed E-state index contributed by atoms with van der Waals surface area (Å²) in [5, 5.41) is 9.09. The van der Waals surface area contributed by atoms with Crippen molar-refractivity contribution in [2.24, 2.45) is 0 Å². The average molecular weight is 206 g/mol. The maximum Gasteiger partial charge on any atom is 0.160 e. The van der Waals surface area contributed by atoms with Crippen LogP contribution in [0.5, 0.6) is 0 Å². The van der Waals surface area contributed by atoms with Crippen LogP contribution in [0.25, 0.3) is 5.82 Å². The van der Waals surface area contributed by atoms with E-state index in [-0.39, 0.29) is 0 Å². The average Bonchev–Trinajstić information content (AvgIpc) is 2.65. The third-order valence-corrected chi connectivity index (χ3v) is 2.54. The van der Waals surface area contributed by atoms with Crippen LogP contribution < -0.4 is 0 Å². The molecule has 5 heteroatoms. The van der Waals surface area contributed by atoms with E-state index >= 15 is 0 Å². The van der Waals surface area contributed by atoms with Crippen LogP contribution >= 0.6 is 11.8 Å². The van der Waals surface area contributed by atoms with Crippen molar-refractivity contribution in [2.75, 3.05) is 6.26 Å². The highest BCUT2D eigenvalue weighted by molar-refractivity contribution is 7.98. The molecule has 14 heavy (non-hydrogen) atoms. The van der Waals surface area contributed by atoms with E-state index in [9.17, 15) is 0 Å². The summed E-state index contributed by atoms with van der Waals surface area (Å²) < 4.78 is 1.90. The summed E-state index contributed by atoms with van der Waals surface area (Å²) in [5.41, 5.74) is 0. The van der Waals surface area contributed by atoms with Crippen molar-refractivity contribution in [3.8, 4) is 5.82 Å². The van der Waals surface area contributed by atoms with E-state index in [1.807, 2.05) is 36.1 Å². The van der Waals surface area contributed by atoms with E-state index in [4.69, 9.17) is 0 Å². The molecule has 0 N–H and O–H groups in total. The van der Waals surface area contributed by atoms with Crippen LogP contribution in [0.3, 0.4) is 0 Å². The molecule has 2 aromatic rings. The maximum atomic E-state index is 4.13. The smallest absolute Gasteiger partial charge is 0.160 e. The van der Waals surface area contributed by atoms with Crippen LogP contribution in [0, 0.1) is 6.92 Å². The number of thioether (sulfide) groups is 1. The first-order chi connectivity index (χ1) is 6.81. The largest absolute Gasteiger partial charge is 0.287 e. The standard InChI is InChI=1S/C9H10N4S/c1-7-10-5-6-13(7)8-3-4-9(14-2)12-11-8/h3-6H,1-2H3. The lowest BCUT2D eigenvalue weighted by molar-refractivity contribution is 0.842. The Morgan fingerprint density at radius 3 is 2.64 bits per heavy atom. The molecule has 0 unspecified atom stereocenters. The predicted molar refractivity (Wildman–Crippen MR) is 55.7 cm³/mol. The fourth-order valence-electron chi connectivity index (χ4n) is 1.17. The first-order valence-corrected chi connectivity index (χ1v) is 5.42. The molecule has 0 saturated heterocycles. The monoisotopic (exact) mass is 206 g/mol. The van der Waals surface area contributed by atoms with E-state index < -0.39 is 0 Å². The zero-order chi connectivity index (χ0) is 9.97. The zero-order valence-electron chi connectivity index (χ0n) is 8.01. The molecule has 4 nitrogen and oxygen atoms in total. The van der Waals surface area contributed by atoms with Gasteiger partial charge < -0.3 is 0 Å². The van der Waals surface area contributed by atoms with Gasteiger partial charge in [0.05, 0.1) is 0 Å². The van der Waals surface area contributed by atoms with Gasteiger partial charge in [-0.25, -0.2) is 4.98 Å². The summed E-state index contributed by atoms with van der Waals surface area (Å²) in [4.78, 5) is 4.13. The minimum atomic E-state index is 0.804. The molecule has 0 bridgehead atoms. The second-order valence-electron chi connectivity index (χ2n) is 2.78. The number of aromatic nitrogens is 4.